The number of hydrogen-bond acceptors (Lipinski definition) is 6. The lowest BCUT2D eigenvalue weighted by Gasteiger charge is -2.34. The van der Waals surface area contributed by atoms with Crippen LogP contribution in [0.25, 0.3) is 11.0 Å². The molecule has 1 aliphatic heterocycles. The maximum Gasteiger partial charge on any atom is 0.345 e. The Hall–Kier alpha value is -2.83. The first-order valence-electron chi connectivity index (χ1n) is 8.89. The van der Waals surface area contributed by atoms with Crippen molar-refractivity contribution >= 4 is 11.0 Å². The van der Waals surface area contributed by atoms with Crippen LogP contribution in [0.4, 0.5) is 0 Å². The van der Waals surface area contributed by atoms with Crippen molar-refractivity contribution in [1.82, 2.24) is 4.90 Å². The van der Waals surface area contributed by atoms with Gasteiger partial charge in [-0.05, 0) is 29.8 Å². The van der Waals surface area contributed by atoms with Crippen LogP contribution in [0.15, 0.2) is 57.7 Å². The number of hydrogen-bond donors (Lipinski definition) is 1. The Bertz CT molecular complexity index is 990. The first-order valence-corrected chi connectivity index (χ1v) is 8.89. The summed E-state index contributed by atoms with van der Waals surface area (Å²) < 4.78 is 16.2. The Labute approximate surface area is 156 Å². The van der Waals surface area contributed by atoms with Gasteiger partial charge in [0, 0.05) is 13.1 Å². The molecule has 2 heterocycles. The summed E-state index contributed by atoms with van der Waals surface area (Å²) in [6, 6.07) is 14.1. The van der Waals surface area contributed by atoms with E-state index in [1.165, 1.54) is 0 Å². The summed E-state index contributed by atoms with van der Waals surface area (Å²) in [6.07, 6.45) is 0. The van der Waals surface area contributed by atoms with Crippen molar-refractivity contribution in [3.8, 4) is 11.5 Å². The van der Waals surface area contributed by atoms with Gasteiger partial charge in [-0.15, -0.1) is 0 Å². The number of nitrogens with zero attached hydrogens (tertiary/aromatic N) is 1. The SMILES string of the molecule is COc1ccc([C@@H](c2c(O)c3ccccc3oc2=O)N2CCOCC2)cc1. The second kappa shape index (κ2) is 7.42. The van der Waals surface area contributed by atoms with Gasteiger partial charge in [-0.25, -0.2) is 4.79 Å². The Morgan fingerprint density at radius 1 is 1.07 bits per heavy atom. The molecule has 0 unspecified atom stereocenters. The van der Waals surface area contributed by atoms with Crippen LogP contribution in [-0.4, -0.2) is 43.4 Å². The van der Waals surface area contributed by atoms with Crippen LogP contribution in [-0.2, 0) is 4.74 Å². The van der Waals surface area contributed by atoms with Gasteiger partial charge in [-0.3, -0.25) is 4.90 Å². The molecule has 27 heavy (non-hydrogen) atoms. The van der Waals surface area contributed by atoms with Gasteiger partial charge in [-0.1, -0.05) is 24.3 Å². The zero-order valence-electron chi connectivity index (χ0n) is 15.1. The molecule has 1 aromatic heterocycles. The average Bonchev–Trinajstić information content (AvgIpc) is 2.72. The smallest absolute Gasteiger partial charge is 0.345 e. The molecule has 0 radical (unpaired) electrons. The van der Waals surface area contributed by atoms with E-state index in [1.54, 1.807) is 25.3 Å². The van der Waals surface area contributed by atoms with Crippen molar-refractivity contribution in [3.63, 3.8) is 0 Å². The summed E-state index contributed by atoms with van der Waals surface area (Å²) in [5.74, 6) is 0.698. The highest BCUT2D eigenvalue weighted by Crippen LogP contribution is 2.37. The van der Waals surface area contributed by atoms with E-state index >= 15 is 0 Å². The van der Waals surface area contributed by atoms with Gasteiger partial charge in [0.25, 0.3) is 0 Å². The third kappa shape index (κ3) is 3.29. The molecule has 0 amide bonds. The van der Waals surface area contributed by atoms with Gasteiger partial charge in [0.15, 0.2) is 0 Å². The van der Waals surface area contributed by atoms with Crippen LogP contribution in [0, 0.1) is 0 Å². The molecule has 6 heteroatoms. The predicted molar refractivity (Wildman–Crippen MR) is 101 cm³/mol. The zero-order chi connectivity index (χ0) is 18.8. The van der Waals surface area contributed by atoms with Gasteiger partial charge in [0.05, 0.1) is 31.8 Å². The second-order valence-electron chi connectivity index (χ2n) is 6.47. The van der Waals surface area contributed by atoms with E-state index in [2.05, 4.69) is 4.90 Å². The number of aromatic hydroxyl groups is 1. The maximum absolute atomic E-state index is 12.8. The van der Waals surface area contributed by atoms with Crippen molar-refractivity contribution in [2.24, 2.45) is 0 Å². The van der Waals surface area contributed by atoms with E-state index < -0.39 is 11.7 Å². The zero-order valence-corrected chi connectivity index (χ0v) is 15.1. The Kier molecular flexibility index (Phi) is 4.83. The highest BCUT2D eigenvalue weighted by atomic mass is 16.5. The number of ether oxygens (including phenoxy) is 2. The van der Waals surface area contributed by atoms with Gasteiger partial charge in [0.1, 0.15) is 22.6 Å². The Morgan fingerprint density at radius 2 is 1.78 bits per heavy atom. The third-order valence-corrected chi connectivity index (χ3v) is 4.94. The summed E-state index contributed by atoms with van der Waals surface area (Å²) in [5.41, 5.74) is 0.981. The largest absolute Gasteiger partial charge is 0.507 e. The molecular weight excluding hydrogens is 346 g/mol. The molecule has 1 N–H and O–H groups in total. The monoisotopic (exact) mass is 367 g/mol. The summed E-state index contributed by atoms with van der Waals surface area (Å²) >= 11 is 0. The molecule has 3 aromatic rings. The van der Waals surface area contributed by atoms with Crippen molar-refractivity contribution in [3.05, 3.63) is 70.1 Å². The molecule has 140 valence electrons. The first kappa shape index (κ1) is 17.6. The lowest BCUT2D eigenvalue weighted by molar-refractivity contribution is 0.0230. The number of rotatable bonds is 4. The minimum atomic E-state index is -0.529. The third-order valence-electron chi connectivity index (χ3n) is 4.94. The van der Waals surface area contributed by atoms with E-state index in [0.717, 1.165) is 11.3 Å². The lowest BCUT2D eigenvalue weighted by atomic mass is 9.96. The highest BCUT2D eigenvalue weighted by molar-refractivity contribution is 5.84. The lowest BCUT2D eigenvalue weighted by Crippen LogP contribution is -2.41. The van der Waals surface area contributed by atoms with Crippen molar-refractivity contribution in [2.45, 2.75) is 6.04 Å². The summed E-state index contributed by atoms with van der Waals surface area (Å²) in [4.78, 5) is 15.0. The molecule has 0 saturated carbocycles. The molecule has 0 bridgehead atoms. The minimum absolute atomic E-state index is 0.0332. The molecule has 1 saturated heterocycles. The second-order valence-corrected chi connectivity index (χ2v) is 6.47. The van der Waals surface area contributed by atoms with Crippen molar-refractivity contribution in [2.75, 3.05) is 33.4 Å². The number of methoxy groups -OCH3 is 1. The summed E-state index contributed by atoms with van der Waals surface area (Å²) in [6.45, 7) is 2.46. The summed E-state index contributed by atoms with van der Waals surface area (Å²) in [7, 11) is 1.61. The normalized spacial score (nSPS) is 16.3. The Morgan fingerprint density at radius 3 is 2.48 bits per heavy atom. The molecular formula is C21H21NO5. The molecule has 0 aliphatic carbocycles. The van der Waals surface area contributed by atoms with Crippen LogP contribution in [0.5, 0.6) is 11.5 Å². The quantitative estimate of drug-likeness (QED) is 0.715. The van der Waals surface area contributed by atoms with Gasteiger partial charge in [-0.2, -0.15) is 0 Å². The fraction of sp³-hybridized carbons (Fsp3) is 0.286. The number of morpholine rings is 1. The highest BCUT2D eigenvalue weighted by Gasteiger charge is 2.31. The first-order chi connectivity index (χ1) is 13.2. The van der Waals surface area contributed by atoms with E-state index in [1.807, 2.05) is 30.3 Å². The maximum atomic E-state index is 12.8. The van der Waals surface area contributed by atoms with E-state index in [9.17, 15) is 9.90 Å². The number of fused-ring (bicyclic) bond motifs is 1. The standard InChI is InChI=1S/C21H21NO5/c1-25-15-8-6-14(7-9-15)19(22-10-12-26-13-11-22)18-20(23)16-4-2-3-5-17(16)27-21(18)24/h2-9,19,23H,10-13H2,1H3/t19-/m0/s1. The van der Waals surface area contributed by atoms with Crippen LogP contribution in [0.1, 0.15) is 17.2 Å². The topological polar surface area (TPSA) is 72.1 Å². The fourth-order valence-electron chi connectivity index (χ4n) is 3.57. The predicted octanol–water partition coefficient (Wildman–Crippen LogP) is 2.93. The molecule has 4 rings (SSSR count). The van der Waals surface area contributed by atoms with Crippen molar-refractivity contribution in [1.29, 1.82) is 0 Å². The fourth-order valence-corrected chi connectivity index (χ4v) is 3.57. The van der Waals surface area contributed by atoms with Crippen molar-refractivity contribution < 1.29 is 19.0 Å². The van der Waals surface area contributed by atoms with Crippen LogP contribution in [0.2, 0.25) is 0 Å². The number of benzene rings is 2. The molecule has 0 spiro atoms. The van der Waals surface area contributed by atoms with E-state index in [4.69, 9.17) is 13.9 Å². The average molecular weight is 367 g/mol. The van der Waals surface area contributed by atoms with Crippen LogP contribution < -0.4 is 10.4 Å². The van der Waals surface area contributed by atoms with E-state index in [0.29, 0.717) is 37.3 Å². The minimum Gasteiger partial charge on any atom is -0.507 e. The van der Waals surface area contributed by atoms with Crippen LogP contribution in [0.3, 0.4) is 0 Å². The molecule has 6 nitrogen and oxygen atoms in total. The Balaban J connectivity index is 1.90. The summed E-state index contributed by atoms with van der Waals surface area (Å²) in [5, 5.41) is 11.5. The van der Waals surface area contributed by atoms with E-state index in [-0.39, 0.29) is 11.3 Å². The molecule has 1 atom stereocenters. The molecule has 1 aliphatic rings. The molecule has 1 fully saturated rings. The van der Waals surface area contributed by atoms with Gasteiger partial charge >= 0.3 is 5.63 Å². The van der Waals surface area contributed by atoms with Crippen LogP contribution >= 0.6 is 0 Å². The van der Waals surface area contributed by atoms with Gasteiger partial charge in [0.2, 0.25) is 0 Å². The van der Waals surface area contributed by atoms with Gasteiger partial charge < -0.3 is 19.0 Å². The molecule has 2 aromatic carbocycles. The number of para-hydroxylation sites is 1.